The van der Waals surface area contributed by atoms with Crippen LogP contribution in [0.2, 0.25) is 0 Å². The lowest BCUT2D eigenvalue weighted by Gasteiger charge is -2.12. The number of aryl methyl sites for hydroxylation is 1. The molecule has 1 aromatic heterocycles. The third-order valence-corrected chi connectivity index (χ3v) is 3.35. The molecule has 0 aliphatic rings. The highest BCUT2D eigenvalue weighted by Crippen LogP contribution is 2.40. The summed E-state index contributed by atoms with van der Waals surface area (Å²) < 4.78 is 20.5. The fraction of sp³-hybridized carbons (Fsp3) is 0.556. The molecule has 0 saturated heterocycles. The summed E-state index contributed by atoms with van der Waals surface area (Å²) in [7, 11) is -4.43. The van der Waals surface area contributed by atoms with E-state index in [1.54, 1.807) is 6.92 Å². The summed E-state index contributed by atoms with van der Waals surface area (Å²) >= 11 is 0. The Balaban J connectivity index is 2.98. The number of nitrogens with zero attached hydrogens (tertiary/aromatic N) is 1. The van der Waals surface area contributed by atoms with Crippen molar-refractivity contribution < 1.29 is 28.4 Å². The van der Waals surface area contributed by atoms with Crippen LogP contribution in [0.1, 0.15) is 28.7 Å². The zero-order valence-corrected chi connectivity index (χ0v) is 10.9. The predicted octanol–water partition coefficient (Wildman–Crippen LogP) is 0.165. The molecular formula is C9H15N2O6P. The highest BCUT2D eigenvalue weighted by Gasteiger charge is 2.30. The van der Waals surface area contributed by atoms with Gasteiger partial charge in [0, 0.05) is 12.0 Å². The molecule has 0 radical (unpaired) electrons. The Morgan fingerprint density at radius 1 is 1.61 bits per heavy atom. The monoisotopic (exact) mass is 278 g/mol. The summed E-state index contributed by atoms with van der Waals surface area (Å²) in [4.78, 5) is 29.4. The first kappa shape index (κ1) is 14.8. The normalized spacial score (nSPS) is 13.4. The van der Waals surface area contributed by atoms with Gasteiger partial charge in [0.1, 0.15) is 11.5 Å². The predicted molar refractivity (Wildman–Crippen MR) is 60.9 cm³/mol. The first-order chi connectivity index (χ1) is 8.27. The minimum atomic E-state index is -4.43. The van der Waals surface area contributed by atoms with Crippen LogP contribution in [-0.2, 0) is 15.7 Å². The van der Waals surface area contributed by atoms with Crippen molar-refractivity contribution in [1.29, 1.82) is 0 Å². The van der Waals surface area contributed by atoms with E-state index >= 15 is 0 Å². The molecule has 4 N–H and O–H groups in total. The molecule has 18 heavy (non-hydrogen) atoms. The van der Waals surface area contributed by atoms with Crippen molar-refractivity contribution in [2.24, 2.45) is 5.73 Å². The Labute approximate surface area is 103 Å². The van der Waals surface area contributed by atoms with Gasteiger partial charge in [-0.15, -0.1) is 0 Å². The van der Waals surface area contributed by atoms with Crippen molar-refractivity contribution in [2.45, 2.75) is 26.1 Å². The van der Waals surface area contributed by atoms with Crippen LogP contribution >= 0.6 is 7.60 Å². The highest BCUT2D eigenvalue weighted by atomic mass is 31.2. The maximum absolute atomic E-state index is 11.5. The first-order valence-corrected chi connectivity index (χ1v) is 6.88. The Bertz CT molecular complexity index is 479. The second kappa shape index (κ2) is 5.62. The second-order valence-corrected chi connectivity index (χ2v) is 5.49. The van der Waals surface area contributed by atoms with E-state index in [9.17, 15) is 9.36 Å². The van der Waals surface area contributed by atoms with Crippen LogP contribution in [0.3, 0.4) is 0 Å². The Hall–Kier alpha value is -1.21. The van der Waals surface area contributed by atoms with E-state index in [2.05, 4.69) is 5.16 Å². The maximum atomic E-state index is 11.5. The van der Waals surface area contributed by atoms with Gasteiger partial charge in [-0.3, -0.25) is 4.57 Å². The van der Waals surface area contributed by atoms with Crippen LogP contribution in [0, 0.1) is 6.92 Å². The molecule has 0 aromatic carbocycles. The van der Waals surface area contributed by atoms with E-state index in [1.165, 1.54) is 6.92 Å². The number of hydrogen-bond acceptors (Lipinski definition) is 6. The third-order valence-electron chi connectivity index (χ3n) is 2.30. The van der Waals surface area contributed by atoms with E-state index in [4.69, 9.17) is 24.8 Å². The summed E-state index contributed by atoms with van der Waals surface area (Å²) in [5, 5.41) is 3.51. The van der Waals surface area contributed by atoms with Crippen molar-refractivity contribution in [3.05, 3.63) is 17.0 Å². The van der Waals surface area contributed by atoms with E-state index in [0.29, 0.717) is 0 Å². The van der Waals surface area contributed by atoms with Crippen molar-refractivity contribution in [1.82, 2.24) is 5.16 Å². The largest absolute Gasteiger partial charge is 0.461 e. The molecule has 9 heteroatoms. The first-order valence-electron chi connectivity index (χ1n) is 5.20. The van der Waals surface area contributed by atoms with Crippen LogP contribution in [0.15, 0.2) is 4.52 Å². The third kappa shape index (κ3) is 3.39. The molecule has 0 saturated carbocycles. The summed E-state index contributed by atoms with van der Waals surface area (Å²) in [5.74, 6) is -1.84. The van der Waals surface area contributed by atoms with Crippen molar-refractivity contribution >= 4 is 13.6 Å². The molecule has 1 atom stereocenters. The summed E-state index contributed by atoms with van der Waals surface area (Å²) in [5.41, 5.74) is 5.52. The Morgan fingerprint density at radius 2 is 2.22 bits per heavy atom. The minimum Gasteiger partial charge on any atom is -0.461 e. The second-order valence-electron chi connectivity index (χ2n) is 3.65. The summed E-state index contributed by atoms with van der Waals surface area (Å²) in [6.45, 7) is 3.32. The van der Waals surface area contributed by atoms with Crippen LogP contribution in [0.5, 0.6) is 0 Å². The van der Waals surface area contributed by atoms with Gasteiger partial charge >= 0.3 is 13.6 Å². The van der Waals surface area contributed by atoms with Gasteiger partial charge in [0.2, 0.25) is 0 Å². The standard InChI is InChI=1S/C9H15N2O6P/c1-3-16-9(12)8-6(5(2)17-11-8)4-7(10)18(13,14)15/h7H,3-4,10H2,1-2H3,(H2,13,14,15). The van der Waals surface area contributed by atoms with Crippen LogP contribution in [0.25, 0.3) is 0 Å². The van der Waals surface area contributed by atoms with Gasteiger partial charge in [-0.25, -0.2) is 4.79 Å². The van der Waals surface area contributed by atoms with Gasteiger partial charge in [-0.2, -0.15) is 0 Å². The molecule has 0 aliphatic carbocycles. The fourth-order valence-corrected chi connectivity index (χ4v) is 1.74. The van der Waals surface area contributed by atoms with Gasteiger partial charge in [0.15, 0.2) is 5.69 Å². The highest BCUT2D eigenvalue weighted by molar-refractivity contribution is 7.52. The van der Waals surface area contributed by atoms with Gasteiger partial charge in [-0.1, -0.05) is 5.16 Å². The lowest BCUT2D eigenvalue weighted by Crippen LogP contribution is -2.24. The number of carbonyl (C=O) groups is 1. The number of aromatic nitrogens is 1. The molecule has 0 bridgehead atoms. The van der Waals surface area contributed by atoms with Crippen molar-refractivity contribution in [3.8, 4) is 0 Å². The molecule has 1 unspecified atom stereocenters. The molecule has 1 rings (SSSR count). The molecule has 0 amide bonds. The summed E-state index contributed by atoms with van der Waals surface area (Å²) in [6.07, 6.45) is -0.215. The molecule has 102 valence electrons. The van der Waals surface area contributed by atoms with Gasteiger partial charge < -0.3 is 24.8 Å². The van der Waals surface area contributed by atoms with Gasteiger partial charge in [-0.05, 0) is 13.8 Å². The number of hydrogen-bond donors (Lipinski definition) is 3. The van der Waals surface area contributed by atoms with Gasteiger partial charge in [0.25, 0.3) is 0 Å². The fourth-order valence-electron chi connectivity index (χ4n) is 1.32. The molecule has 8 nitrogen and oxygen atoms in total. The topological polar surface area (TPSA) is 136 Å². The number of ether oxygens (including phenoxy) is 1. The van der Waals surface area contributed by atoms with E-state index in [0.717, 1.165) is 0 Å². The SMILES string of the molecule is CCOC(=O)c1noc(C)c1CC(N)P(=O)(O)O. The Morgan fingerprint density at radius 3 is 2.72 bits per heavy atom. The van der Waals surface area contributed by atoms with Crippen molar-refractivity contribution in [3.63, 3.8) is 0 Å². The molecule has 1 aromatic rings. The number of carbonyl (C=O) groups excluding carboxylic acids is 1. The van der Waals surface area contributed by atoms with Crippen LogP contribution in [0.4, 0.5) is 0 Å². The van der Waals surface area contributed by atoms with E-state index < -0.39 is 19.3 Å². The molecule has 1 heterocycles. The molecule has 0 spiro atoms. The van der Waals surface area contributed by atoms with Crippen molar-refractivity contribution in [2.75, 3.05) is 6.61 Å². The maximum Gasteiger partial charge on any atom is 0.360 e. The summed E-state index contributed by atoms with van der Waals surface area (Å²) in [6, 6.07) is 0. The lowest BCUT2D eigenvalue weighted by molar-refractivity contribution is 0.0513. The number of rotatable bonds is 5. The molecular weight excluding hydrogens is 263 g/mol. The number of esters is 1. The smallest absolute Gasteiger partial charge is 0.360 e. The van der Waals surface area contributed by atoms with Gasteiger partial charge in [0.05, 0.1) is 6.61 Å². The van der Waals surface area contributed by atoms with Crippen LogP contribution in [-0.4, -0.2) is 33.3 Å². The zero-order chi connectivity index (χ0) is 13.9. The number of nitrogens with two attached hydrogens (primary N) is 1. The Kier molecular flexibility index (Phi) is 4.64. The molecule has 0 fully saturated rings. The van der Waals surface area contributed by atoms with E-state index in [1.807, 2.05) is 0 Å². The average Bonchev–Trinajstić information content (AvgIpc) is 2.59. The minimum absolute atomic E-state index is 0.0988. The van der Waals surface area contributed by atoms with E-state index in [-0.39, 0.29) is 30.0 Å². The lowest BCUT2D eigenvalue weighted by atomic mass is 10.1. The van der Waals surface area contributed by atoms with Crippen LogP contribution < -0.4 is 5.73 Å². The zero-order valence-electron chi connectivity index (χ0n) is 9.99. The average molecular weight is 278 g/mol. The molecule has 0 aliphatic heterocycles. The quantitative estimate of drug-likeness (QED) is 0.512.